The molecule has 2 aliphatic carbocycles. The van der Waals surface area contributed by atoms with Gasteiger partial charge in [0, 0.05) is 17.9 Å². The van der Waals surface area contributed by atoms with E-state index in [9.17, 15) is 26.3 Å². The van der Waals surface area contributed by atoms with Gasteiger partial charge in [0.1, 0.15) is 5.75 Å². The molecule has 2 aromatic carbocycles. The topological polar surface area (TPSA) is 36.9 Å². The van der Waals surface area contributed by atoms with Gasteiger partial charge in [-0.15, -0.1) is 13.2 Å². The Hall–Kier alpha value is -2.46. The first-order chi connectivity index (χ1) is 21.5. The summed E-state index contributed by atoms with van der Waals surface area (Å²) in [6.07, 6.45) is 2.52. The second kappa shape index (κ2) is 15.0. The number of hydrogen-bond acceptors (Lipinski definition) is 4. The highest BCUT2D eigenvalue weighted by Crippen LogP contribution is 2.43. The van der Waals surface area contributed by atoms with Gasteiger partial charge >= 0.3 is 12.5 Å². The number of rotatable bonds is 11. The van der Waals surface area contributed by atoms with E-state index in [1.807, 2.05) is 0 Å². The Bertz CT molecular complexity index is 1200. The van der Waals surface area contributed by atoms with Crippen LogP contribution in [0.2, 0.25) is 0 Å². The molecule has 0 bridgehead atoms. The van der Waals surface area contributed by atoms with Gasteiger partial charge < -0.3 is 18.9 Å². The third-order valence-corrected chi connectivity index (χ3v) is 9.88. The summed E-state index contributed by atoms with van der Waals surface area (Å²) in [4.78, 5) is 0. The zero-order chi connectivity index (χ0) is 32.0. The van der Waals surface area contributed by atoms with Gasteiger partial charge in [-0.3, -0.25) is 0 Å². The van der Waals surface area contributed by atoms with Crippen LogP contribution in [0.15, 0.2) is 42.5 Å². The molecule has 0 radical (unpaired) electrons. The predicted molar refractivity (Wildman–Crippen MR) is 158 cm³/mol. The van der Waals surface area contributed by atoms with Crippen LogP contribution in [-0.4, -0.2) is 32.0 Å². The van der Waals surface area contributed by atoms with Gasteiger partial charge in [-0.2, -0.15) is 8.78 Å². The molecule has 0 N–H and O–H groups in total. The molecule has 1 heterocycles. The number of benzene rings is 2. The van der Waals surface area contributed by atoms with Gasteiger partial charge in [0.25, 0.3) is 0 Å². The van der Waals surface area contributed by atoms with E-state index in [1.165, 1.54) is 62.5 Å². The van der Waals surface area contributed by atoms with Crippen LogP contribution in [0, 0.1) is 23.6 Å². The number of halogens is 6. The number of unbranched alkanes of at least 4 members (excludes halogenated alkanes) is 2. The smallest absolute Gasteiger partial charge is 0.432 e. The fourth-order valence-corrected chi connectivity index (χ4v) is 7.21. The van der Waals surface area contributed by atoms with E-state index in [1.54, 1.807) is 0 Å². The average molecular weight is 643 g/mol. The Labute approximate surface area is 261 Å². The lowest BCUT2D eigenvalue weighted by molar-refractivity contribution is -0.275. The van der Waals surface area contributed by atoms with Crippen molar-refractivity contribution in [3.05, 3.63) is 59.4 Å². The van der Waals surface area contributed by atoms with E-state index < -0.39 is 42.0 Å². The van der Waals surface area contributed by atoms with Crippen molar-refractivity contribution in [2.75, 3.05) is 13.2 Å². The predicted octanol–water partition coefficient (Wildman–Crippen LogP) is 10.5. The Balaban J connectivity index is 1.04. The van der Waals surface area contributed by atoms with Crippen molar-refractivity contribution in [2.24, 2.45) is 17.8 Å². The maximum Gasteiger partial charge on any atom is 0.573 e. The number of ether oxygens (including phenoxy) is 4. The molecule has 2 aromatic rings. The molecule has 45 heavy (non-hydrogen) atoms. The van der Waals surface area contributed by atoms with Crippen LogP contribution in [0.5, 0.6) is 11.5 Å². The van der Waals surface area contributed by atoms with E-state index in [0.29, 0.717) is 44.1 Å². The summed E-state index contributed by atoms with van der Waals surface area (Å²) < 4.78 is 101. The van der Waals surface area contributed by atoms with E-state index in [2.05, 4.69) is 35.9 Å². The molecule has 3 aliphatic rings. The second-order valence-electron chi connectivity index (χ2n) is 13.0. The maximum absolute atomic E-state index is 14.9. The summed E-state index contributed by atoms with van der Waals surface area (Å²) >= 11 is 0. The molecule has 10 heteroatoms. The Morgan fingerprint density at radius 2 is 1.36 bits per heavy atom. The molecule has 2 saturated carbocycles. The summed E-state index contributed by atoms with van der Waals surface area (Å²) in [7, 11) is 0. The zero-order valence-electron chi connectivity index (χ0n) is 25.8. The van der Waals surface area contributed by atoms with Crippen LogP contribution in [0.25, 0.3) is 0 Å². The van der Waals surface area contributed by atoms with Gasteiger partial charge in [0.15, 0.2) is 17.9 Å². The Kier molecular flexibility index (Phi) is 11.3. The molecule has 0 spiro atoms. The summed E-state index contributed by atoms with van der Waals surface area (Å²) in [5, 5.41) is 0. The lowest BCUT2D eigenvalue weighted by Gasteiger charge is -2.39. The largest absolute Gasteiger partial charge is 0.573 e. The maximum atomic E-state index is 14.9. The highest BCUT2D eigenvalue weighted by Gasteiger charge is 2.46. The first-order valence-corrected chi connectivity index (χ1v) is 16.5. The number of hydrogen-bond donors (Lipinski definition) is 0. The van der Waals surface area contributed by atoms with Gasteiger partial charge in [0.05, 0.1) is 19.1 Å². The summed E-state index contributed by atoms with van der Waals surface area (Å²) in [5.74, 6) is -2.65. The van der Waals surface area contributed by atoms with Gasteiger partial charge in [-0.25, -0.2) is 4.39 Å². The lowest BCUT2D eigenvalue weighted by atomic mass is 9.77. The highest BCUT2D eigenvalue weighted by molar-refractivity contribution is 5.33. The molecular formula is C35H44F6O4. The van der Waals surface area contributed by atoms with Crippen LogP contribution < -0.4 is 9.47 Å². The van der Waals surface area contributed by atoms with Crippen LogP contribution in [0.1, 0.15) is 107 Å². The quantitative estimate of drug-likeness (QED) is 0.181. The fourth-order valence-electron chi connectivity index (χ4n) is 7.21. The molecule has 4 nitrogen and oxygen atoms in total. The van der Waals surface area contributed by atoms with E-state index >= 15 is 0 Å². The molecule has 5 rings (SSSR count). The summed E-state index contributed by atoms with van der Waals surface area (Å²) in [6.45, 7) is 3.27. The van der Waals surface area contributed by atoms with Crippen molar-refractivity contribution >= 4 is 0 Å². The lowest BCUT2D eigenvalue weighted by Crippen LogP contribution is -2.41. The van der Waals surface area contributed by atoms with Crippen molar-refractivity contribution in [3.8, 4) is 11.5 Å². The van der Waals surface area contributed by atoms with Crippen molar-refractivity contribution in [1.29, 1.82) is 0 Å². The highest BCUT2D eigenvalue weighted by atomic mass is 19.4. The van der Waals surface area contributed by atoms with Crippen molar-refractivity contribution in [2.45, 2.75) is 115 Å². The van der Waals surface area contributed by atoms with Crippen molar-refractivity contribution in [1.82, 2.24) is 0 Å². The average Bonchev–Trinajstić information content (AvgIpc) is 3.02. The monoisotopic (exact) mass is 642 g/mol. The first kappa shape index (κ1) is 33.9. The minimum atomic E-state index is -5.10. The minimum Gasteiger partial charge on any atom is -0.432 e. The number of alkyl halides is 5. The molecule has 1 saturated heterocycles. The van der Waals surface area contributed by atoms with Gasteiger partial charge in [-0.05, 0) is 86.5 Å². The zero-order valence-corrected chi connectivity index (χ0v) is 25.8. The van der Waals surface area contributed by atoms with Gasteiger partial charge in [-0.1, -0.05) is 56.9 Å². The first-order valence-electron chi connectivity index (χ1n) is 16.5. The second-order valence-corrected chi connectivity index (χ2v) is 13.0. The van der Waals surface area contributed by atoms with Gasteiger partial charge in [0.2, 0.25) is 0 Å². The summed E-state index contributed by atoms with van der Waals surface area (Å²) in [5.41, 5.74) is 2.59. The van der Waals surface area contributed by atoms with Crippen molar-refractivity contribution in [3.63, 3.8) is 0 Å². The van der Waals surface area contributed by atoms with Crippen LogP contribution >= 0.6 is 0 Å². The summed E-state index contributed by atoms with van der Waals surface area (Å²) in [6, 6.07) is 10.8. The van der Waals surface area contributed by atoms with Crippen LogP contribution in [0.3, 0.4) is 0 Å². The minimum absolute atomic E-state index is 0.0336. The Morgan fingerprint density at radius 3 is 1.93 bits per heavy atom. The normalized spacial score (nSPS) is 28.1. The molecular weight excluding hydrogens is 598 g/mol. The molecule has 250 valence electrons. The third kappa shape index (κ3) is 9.31. The Morgan fingerprint density at radius 1 is 0.733 bits per heavy atom. The molecule has 1 aliphatic heterocycles. The molecule has 3 fully saturated rings. The van der Waals surface area contributed by atoms with E-state index in [0.717, 1.165) is 12.0 Å². The molecule has 0 atom stereocenters. The van der Waals surface area contributed by atoms with E-state index in [4.69, 9.17) is 14.2 Å². The van der Waals surface area contributed by atoms with Crippen molar-refractivity contribution < 1.29 is 45.3 Å². The fraction of sp³-hybridized carbons (Fsp3) is 0.657. The SMILES string of the molecule is CCCCCC1CCC(c2ccc(C3COC(C4CCC(C(F)(F)Oc5ccc(OC(F)(F)F)c(F)c5)CC4)OC3)cc2)CC1. The molecule has 0 unspecified atom stereocenters. The standard InChI is InChI=1S/C35H44F6O4/c1-2-3-4-5-23-6-8-24(9-7-23)25-10-12-26(13-11-25)28-21-42-33(43-22-28)27-14-16-29(17-15-27)34(37,38)44-30-18-19-32(31(36)20-30)45-35(39,40)41/h10-13,18-20,23-24,27-29,33H,2-9,14-17,21-22H2,1H3. The molecule has 0 amide bonds. The van der Waals surface area contributed by atoms with Crippen LogP contribution in [-0.2, 0) is 9.47 Å². The third-order valence-electron chi connectivity index (χ3n) is 9.88. The molecule has 0 aromatic heterocycles. The van der Waals surface area contributed by atoms with Crippen LogP contribution in [0.4, 0.5) is 26.3 Å². The van der Waals surface area contributed by atoms with E-state index in [-0.39, 0.29) is 24.7 Å².